The minimum absolute atomic E-state index is 0.0122. The number of hydrogen-bond acceptors (Lipinski definition) is 3. The van der Waals surface area contributed by atoms with E-state index in [4.69, 9.17) is 0 Å². The SMILES string of the molecule is CCNC(=O)[C@H]1CCCN(C(=O)[C@@H]2Cc3ccccc3N2C(C)=O)C1. The molecule has 6 heteroatoms. The van der Waals surface area contributed by atoms with Gasteiger partial charge in [0.1, 0.15) is 6.04 Å². The molecule has 1 N–H and O–H groups in total. The van der Waals surface area contributed by atoms with Crippen LogP contribution in [0.15, 0.2) is 24.3 Å². The molecule has 0 radical (unpaired) electrons. The molecule has 0 aromatic heterocycles. The van der Waals surface area contributed by atoms with Crippen molar-refractivity contribution in [3.8, 4) is 0 Å². The summed E-state index contributed by atoms with van der Waals surface area (Å²) in [5.41, 5.74) is 1.85. The fourth-order valence-corrected chi connectivity index (χ4v) is 3.89. The number of carbonyl (C=O) groups is 3. The molecule has 134 valence electrons. The van der Waals surface area contributed by atoms with Gasteiger partial charge in [0.2, 0.25) is 17.7 Å². The number of benzene rings is 1. The van der Waals surface area contributed by atoms with Gasteiger partial charge in [-0.25, -0.2) is 0 Å². The first-order valence-corrected chi connectivity index (χ1v) is 8.97. The van der Waals surface area contributed by atoms with Gasteiger partial charge in [-0.05, 0) is 31.4 Å². The van der Waals surface area contributed by atoms with Gasteiger partial charge in [-0.3, -0.25) is 19.3 Å². The lowest BCUT2D eigenvalue weighted by Gasteiger charge is -2.35. The Balaban J connectivity index is 1.76. The Kier molecular flexibility index (Phi) is 5.06. The van der Waals surface area contributed by atoms with Crippen molar-refractivity contribution in [2.24, 2.45) is 5.92 Å². The van der Waals surface area contributed by atoms with E-state index < -0.39 is 6.04 Å². The monoisotopic (exact) mass is 343 g/mol. The molecule has 0 saturated carbocycles. The molecule has 0 aliphatic carbocycles. The maximum atomic E-state index is 13.1. The summed E-state index contributed by atoms with van der Waals surface area (Å²) in [4.78, 5) is 40.8. The van der Waals surface area contributed by atoms with Crippen molar-refractivity contribution in [1.82, 2.24) is 10.2 Å². The molecular weight excluding hydrogens is 318 g/mol. The summed E-state index contributed by atoms with van der Waals surface area (Å²) in [5, 5.41) is 2.84. The first kappa shape index (κ1) is 17.5. The van der Waals surface area contributed by atoms with Crippen molar-refractivity contribution in [2.75, 3.05) is 24.5 Å². The molecule has 1 fully saturated rings. The van der Waals surface area contributed by atoms with Crippen LogP contribution in [-0.2, 0) is 20.8 Å². The minimum Gasteiger partial charge on any atom is -0.356 e. The third-order valence-electron chi connectivity index (χ3n) is 5.06. The highest BCUT2D eigenvalue weighted by Gasteiger charge is 2.40. The lowest BCUT2D eigenvalue weighted by atomic mass is 9.96. The summed E-state index contributed by atoms with van der Waals surface area (Å²) < 4.78 is 0. The number of piperidine rings is 1. The second-order valence-electron chi connectivity index (χ2n) is 6.76. The largest absolute Gasteiger partial charge is 0.356 e. The van der Waals surface area contributed by atoms with Gasteiger partial charge in [0.15, 0.2) is 0 Å². The smallest absolute Gasteiger partial charge is 0.246 e. The lowest BCUT2D eigenvalue weighted by molar-refractivity contribution is -0.138. The topological polar surface area (TPSA) is 69.7 Å². The van der Waals surface area contributed by atoms with Crippen molar-refractivity contribution in [3.05, 3.63) is 29.8 Å². The quantitative estimate of drug-likeness (QED) is 0.900. The van der Waals surface area contributed by atoms with E-state index in [2.05, 4.69) is 5.32 Å². The van der Waals surface area contributed by atoms with Crippen LogP contribution in [0, 0.1) is 5.92 Å². The van der Waals surface area contributed by atoms with Crippen molar-refractivity contribution in [1.29, 1.82) is 0 Å². The van der Waals surface area contributed by atoms with Crippen molar-refractivity contribution < 1.29 is 14.4 Å². The van der Waals surface area contributed by atoms with Crippen LogP contribution in [0.5, 0.6) is 0 Å². The van der Waals surface area contributed by atoms with Gasteiger partial charge in [-0.2, -0.15) is 0 Å². The highest BCUT2D eigenvalue weighted by molar-refractivity contribution is 6.02. The number of amides is 3. The highest BCUT2D eigenvalue weighted by Crippen LogP contribution is 2.33. The maximum absolute atomic E-state index is 13.1. The van der Waals surface area contributed by atoms with Crippen LogP contribution in [0.3, 0.4) is 0 Å². The van der Waals surface area contributed by atoms with Gasteiger partial charge in [-0.15, -0.1) is 0 Å². The van der Waals surface area contributed by atoms with E-state index >= 15 is 0 Å². The van der Waals surface area contributed by atoms with E-state index in [1.807, 2.05) is 31.2 Å². The van der Waals surface area contributed by atoms with Gasteiger partial charge in [0.25, 0.3) is 0 Å². The molecule has 6 nitrogen and oxygen atoms in total. The van der Waals surface area contributed by atoms with Gasteiger partial charge >= 0.3 is 0 Å². The van der Waals surface area contributed by atoms with Crippen LogP contribution in [0.2, 0.25) is 0 Å². The Bertz CT molecular complexity index is 688. The van der Waals surface area contributed by atoms with E-state index in [0.29, 0.717) is 26.1 Å². The number of likely N-dealkylation sites (tertiary alicyclic amines) is 1. The molecule has 25 heavy (non-hydrogen) atoms. The van der Waals surface area contributed by atoms with E-state index in [-0.39, 0.29) is 23.6 Å². The van der Waals surface area contributed by atoms with Crippen molar-refractivity contribution in [2.45, 2.75) is 39.2 Å². The highest BCUT2D eigenvalue weighted by atomic mass is 16.2. The predicted molar refractivity (Wildman–Crippen MR) is 95.1 cm³/mol. The number of para-hydroxylation sites is 1. The molecular formula is C19H25N3O3. The number of hydrogen-bond donors (Lipinski definition) is 1. The molecule has 1 aromatic carbocycles. The Morgan fingerprint density at radius 3 is 2.72 bits per heavy atom. The third kappa shape index (κ3) is 3.38. The summed E-state index contributed by atoms with van der Waals surface area (Å²) in [5.74, 6) is -0.327. The van der Waals surface area contributed by atoms with E-state index in [1.54, 1.807) is 9.80 Å². The average molecular weight is 343 g/mol. The third-order valence-corrected chi connectivity index (χ3v) is 5.06. The molecule has 2 aliphatic rings. The standard InChI is InChI=1S/C19H25N3O3/c1-3-20-18(24)15-8-6-10-21(12-15)19(25)17-11-14-7-4-5-9-16(14)22(17)13(2)23/h4-5,7,9,15,17H,3,6,8,10-12H2,1-2H3,(H,20,24)/t15-,17-/m0/s1. The van der Waals surface area contributed by atoms with E-state index in [1.165, 1.54) is 6.92 Å². The van der Waals surface area contributed by atoms with Crippen LogP contribution in [0.4, 0.5) is 5.69 Å². The Hall–Kier alpha value is -2.37. The second-order valence-corrected chi connectivity index (χ2v) is 6.76. The van der Waals surface area contributed by atoms with E-state index in [0.717, 1.165) is 24.1 Å². The minimum atomic E-state index is -0.497. The number of nitrogens with one attached hydrogen (secondary N) is 1. The Labute approximate surface area is 148 Å². The average Bonchev–Trinajstić information content (AvgIpc) is 3.01. The molecule has 2 heterocycles. The summed E-state index contributed by atoms with van der Waals surface area (Å²) in [6.45, 7) is 5.07. The molecule has 3 amide bonds. The molecule has 2 aliphatic heterocycles. The number of nitrogens with zero attached hydrogens (tertiary/aromatic N) is 2. The van der Waals surface area contributed by atoms with Crippen LogP contribution in [0.25, 0.3) is 0 Å². The zero-order valence-electron chi connectivity index (χ0n) is 14.8. The Morgan fingerprint density at radius 1 is 1.24 bits per heavy atom. The van der Waals surface area contributed by atoms with Crippen molar-refractivity contribution in [3.63, 3.8) is 0 Å². The molecule has 1 aromatic rings. The Morgan fingerprint density at radius 2 is 2.00 bits per heavy atom. The normalized spacial score (nSPS) is 22.5. The first-order chi connectivity index (χ1) is 12.0. The van der Waals surface area contributed by atoms with Gasteiger partial charge in [0, 0.05) is 38.7 Å². The molecule has 0 spiro atoms. The number of anilines is 1. The molecule has 0 bridgehead atoms. The number of carbonyl (C=O) groups excluding carboxylic acids is 3. The zero-order valence-corrected chi connectivity index (χ0v) is 14.8. The number of fused-ring (bicyclic) bond motifs is 1. The number of rotatable bonds is 3. The van der Waals surface area contributed by atoms with Crippen LogP contribution >= 0.6 is 0 Å². The first-order valence-electron chi connectivity index (χ1n) is 8.97. The van der Waals surface area contributed by atoms with Gasteiger partial charge in [-0.1, -0.05) is 18.2 Å². The maximum Gasteiger partial charge on any atom is 0.246 e. The van der Waals surface area contributed by atoms with Gasteiger partial charge < -0.3 is 10.2 Å². The van der Waals surface area contributed by atoms with Crippen LogP contribution in [0.1, 0.15) is 32.3 Å². The van der Waals surface area contributed by atoms with Crippen LogP contribution in [-0.4, -0.2) is 48.3 Å². The summed E-state index contributed by atoms with van der Waals surface area (Å²) in [6.07, 6.45) is 2.15. The summed E-state index contributed by atoms with van der Waals surface area (Å²) in [7, 11) is 0. The summed E-state index contributed by atoms with van der Waals surface area (Å²) >= 11 is 0. The fourth-order valence-electron chi connectivity index (χ4n) is 3.89. The molecule has 3 rings (SSSR count). The molecule has 0 unspecified atom stereocenters. The molecule has 1 saturated heterocycles. The second kappa shape index (κ2) is 7.25. The van der Waals surface area contributed by atoms with E-state index in [9.17, 15) is 14.4 Å². The summed E-state index contributed by atoms with van der Waals surface area (Å²) in [6, 6.07) is 7.16. The zero-order chi connectivity index (χ0) is 18.0. The molecule has 2 atom stereocenters. The fraction of sp³-hybridized carbons (Fsp3) is 0.526. The predicted octanol–water partition coefficient (Wildman–Crippen LogP) is 1.34. The lowest BCUT2D eigenvalue weighted by Crippen LogP contribution is -2.53. The van der Waals surface area contributed by atoms with Crippen LogP contribution < -0.4 is 10.2 Å². The van der Waals surface area contributed by atoms with Gasteiger partial charge in [0.05, 0.1) is 5.92 Å². The van der Waals surface area contributed by atoms with Crippen molar-refractivity contribution >= 4 is 23.4 Å².